The summed E-state index contributed by atoms with van der Waals surface area (Å²) in [4.78, 5) is 23.2. The third-order valence-corrected chi connectivity index (χ3v) is 3.96. The summed E-state index contributed by atoms with van der Waals surface area (Å²) in [6.07, 6.45) is 1.08. The first-order valence-corrected chi connectivity index (χ1v) is 6.82. The molecule has 8 heteroatoms. The van der Waals surface area contributed by atoms with Crippen molar-refractivity contribution in [3.8, 4) is 0 Å². The number of anilines is 1. The molecule has 2 atom stereocenters. The maximum absolute atomic E-state index is 13.4. The number of halogens is 2. The molecule has 1 saturated heterocycles. The number of carboxylic acids is 1. The Morgan fingerprint density at radius 3 is 2.81 bits per heavy atom. The number of nitrogens with zero attached hydrogens (tertiary/aromatic N) is 2. The lowest BCUT2D eigenvalue weighted by atomic mass is 9.92. The van der Waals surface area contributed by atoms with Crippen LogP contribution in [-0.2, 0) is 4.79 Å². The summed E-state index contributed by atoms with van der Waals surface area (Å²) in [6.45, 7) is 2.28. The number of nitro groups is 1. The van der Waals surface area contributed by atoms with Crippen molar-refractivity contribution < 1.29 is 19.2 Å². The number of benzene rings is 1. The standard InChI is InChI=1S/C13H14ClFN2O4/c1-7-2-3-16(12(4-7)13(18)19)10-5-8(14)9(15)6-11(10)17(20)21/h5-7,12H,2-4H2,1H3,(H,18,19). The summed E-state index contributed by atoms with van der Waals surface area (Å²) >= 11 is 5.69. The molecule has 1 aromatic rings. The summed E-state index contributed by atoms with van der Waals surface area (Å²) in [7, 11) is 0. The first-order valence-electron chi connectivity index (χ1n) is 6.44. The molecule has 1 heterocycles. The molecule has 2 rings (SSSR count). The first kappa shape index (κ1) is 15.5. The molecule has 1 aliphatic heterocycles. The Bertz CT molecular complexity index is 596. The molecule has 1 aromatic carbocycles. The van der Waals surface area contributed by atoms with Gasteiger partial charge in [-0.1, -0.05) is 18.5 Å². The molecule has 0 aliphatic carbocycles. The lowest BCUT2D eigenvalue weighted by Gasteiger charge is -2.37. The molecule has 0 radical (unpaired) electrons. The van der Waals surface area contributed by atoms with Crippen LogP contribution >= 0.6 is 11.6 Å². The van der Waals surface area contributed by atoms with Crippen LogP contribution in [-0.4, -0.2) is 28.6 Å². The lowest BCUT2D eigenvalue weighted by Crippen LogP contribution is -2.47. The van der Waals surface area contributed by atoms with Crippen molar-refractivity contribution in [2.75, 3.05) is 11.4 Å². The average Bonchev–Trinajstić information content (AvgIpc) is 2.41. The fourth-order valence-corrected chi connectivity index (χ4v) is 2.72. The minimum Gasteiger partial charge on any atom is -0.480 e. The van der Waals surface area contributed by atoms with Gasteiger partial charge in [-0.3, -0.25) is 10.1 Å². The number of aliphatic carboxylic acids is 1. The second-order valence-electron chi connectivity index (χ2n) is 5.19. The van der Waals surface area contributed by atoms with Crippen LogP contribution in [0.3, 0.4) is 0 Å². The molecular formula is C13H14ClFN2O4. The van der Waals surface area contributed by atoms with Crippen LogP contribution in [0.2, 0.25) is 5.02 Å². The van der Waals surface area contributed by atoms with Gasteiger partial charge in [-0.05, 0) is 24.8 Å². The molecular weight excluding hydrogens is 303 g/mol. The lowest BCUT2D eigenvalue weighted by molar-refractivity contribution is -0.384. The van der Waals surface area contributed by atoms with Gasteiger partial charge in [0.25, 0.3) is 5.69 Å². The van der Waals surface area contributed by atoms with Gasteiger partial charge in [0.05, 0.1) is 16.0 Å². The Kier molecular flexibility index (Phi) is 4.32. The summed E-state index contributed by atoms with van der Waals surface area (Å²) in [6, 6.07) is 0.976. The zero-order valence-corrected chi connectivity index (χ0v) is 12.0. The minimum absolute atomic E-state index is 0.0469. The smallest absolute Gasteiger partial charge is 0.326 e. The van der Waals surface area contributed by atoms with Crippen LogP contribution in [0.4, 0.5) is 15.8 Å². The van der Waals surface area contributed by atoms with E-state index in [-0.39, 0.29) is 16.6 Å². The van der Waals surface area contributed by atoms with E-state index in [1.54, 1.807) is 0 Å². The quantitative estimate of drug-likeness (QED) is 0.684. The molecule has 0 amide bonds. The van der Waals surface area contributed by atoms with Crippen LogP contribution in [0.25, 0.3) is 0 Å². The molecule has 1 N–H and O–H groups in total. The highest BCUT2D eigenvalue weighted by Crippen LogP contribution is 2.37. The maximum Gasteiger partial charge on any atom is 0.326 e. The van der Waals surface area contributed by atoms with Crippen LogP contribution in [0, 0.1) is 21.8 Å². The summed E-state index contributed by atoms with van der Waals surface area (Å²) < 4.78 is 13.4. The largest absolute Gasteiger partial charge is 0.480 e. The summed E-state index contributed by atoms with van der Waals surface area (Å²) in [5.41, 5.74) is -0.427. The van der Waals surface area contributed by atoms with Crippen LogP contribution < -0.4 is 4.90 Å². The molecule has 21 heavy (non-hydrogen) atoms. The molecule has 1 aliphatic rings. The molecule has 0 aromatic heterocycles. The topological polar surface area (TPSA) is 83.7 Å². The highest BCUT2D eigenvalue weighted by atomic mass is 35.5. The van der Waals surface area contributed by atoms with Gasteiger partial charge in [-0.25, -0.2) is 9.18 Å². The van der Waals surface area contributed by atoms with E-state index in [0.717, 1.165) is 12.1 Å². The van der Waals surface area contributed by atoms with Gasteiger partial charge in [0.1, 0.15) is 17.5 Å². The van der Waals surface area contributed by atoms with Crippen molar-refractivity contribution in [1.29, 1.82) is 0 Å². The number of nitro benzene ring substituents is 1. The third-order valence-electron chi connectivity index (χ3n) is 3.67. The number of carboxylic acid groups (broad SMARTS) is 1. The van der Waals surface area contributed by atoms with Crippen molar-refractivity contribution in [2.45, 2.75) is 25.8 Å². The second-order valence-corrected chi connectivity index (χ2v) is 5.60. The van der Waals surface area contributed by atoms with E-state index >= 15 is 0 Å². The minimum atomic E-state index is -1.06. The van der Waals surface area contributed by atoms with Crippen molar-refractivity contribution in [3.63, 3.8) is 0 Å². The fraction of sp³-hybridized carbons (Fsp3) is 0.462. The predicted octanol–water partition coefficient (Wildman–Crippen LogP) is 3.08. The second kappa shape index (κ2) is 5.85. The molecule has 0 spiro atoms. The van der Waals surface area contributed by atoms with Crippen LogP contribution in [0.1, 0.15) is 19.8 Å². The van der Waals surface area contributed by atoms with E-state index in [1.165, 1.54) is 4.90 Å². The number of rotatable bonds is 3. The molecule has 0 bridgehead atoms. The van der Waals surface area contributed by atoms with Gasteiger partial charge in [-0.2, -0.15) is 0 Å². The Morgan fingerprint density at radius 1 is 1.57 bits per heavy atom. The number of piperidine rings is 1. The molecule has 114 valence electrons. The molecule has 6 nitrogen and oxygen atoms in total. The fourth-order valence-electron chi connectivity index (χ4n) is 2.57. The normalized spacial score (nSPS) is 22.1. The van der Waals surface area contributed by atoms with E-state index in [4.69, 9.17) is 11.6 Å². The monoisotopic (exact) mass is 316 g/mol. The average molecular weight is 317 g/mol. The summed E-state index contributed by atoms with van der Waals surface area (Å²) in [5, 5.41) is 20.1. The first-order chi connectivity index (χ1) is 9.81. The zero-order chi connectivity index (χ0) is 15.7. The Balaban J connectivity index is 2.50. The van der Waals surface area contributed by atoms with Gasteiger partial charge in [-0.15, -0.1) is 0 Å². The van der Waals surface area contributed by atoms with E-state index in [2.05, 4.69) is 0 Å². The third kappa shape index (κ3) is 3.07. The van der Waals surface area contributed by atoms with E-state index < -0.39 is 28.4 Å². The molecule has 2 unspecified atom stereocenters. The van der Waals surface area contributed by atoms with Crippen LogP contribution in [0.15, 0.2) is 12.1 Å². The highest BCUT2D eigenvalue weighted by Gasteiger charge is 2.35. The van der Waals surface area contributed by atoms with Crippen LogP contribution in [0.5, 0.6) is 0 Å². The predicted molar refractivity (Wildman–Crippen MR) is 75.2 cm³/mol. The van der Waals surface area contributed by atoms with Gasteiger partial charge in [0.2, 0.25) is 0 Å². The number of hydrogen-bond acceptors (Lipinski definition) is 4. The Hall–Kier alpha value is -1.89. The van der Waals surface area contributed by atoms with Gasteiger partial charge < -0.3 is 10.0 Å². The van der Waals surface area contributed by atoms with Crippen molar-refractivity contribution in [2.24, 2.45) is 5.92 Å². The van der Waals surface area contributed by atoms with E-state index in [1.807, 2.05) is 6.92 Å². The Labute approximate surface area is 125 Å². The van der Waals surface area contributed by atoms with E-state index in [9.17, 15) is 24.4 Å². The molecule has 0 saturated carbocycles. The van der Waals surface area contributed by atoms with Gasteiger partial charge >= 0.3 is 5.97 Å². The van der Waals surface area contributed by atoms with Crippen molar-refractivity contribution >= 4 is 28.9 Å². The SMILES string of the molecule is CC1CCN(c2cc(Cl)c(F)cc2[N+](=O)[O-])C(C(=O)O)C1. The number of hydrogen-bond donors (Lipinski definition) is 1. The molecule has 1 fully saturated rings. The van der Waals surface area contributed by atoms with Gasteiger partial charge in [0.15, 0.2) is 0 Å². The highest BCUT2D eigenvalue weighted by molar-refractivity contribution is 6.31. The maximum atomic E-state index is 13.4. The van der Waals surface area contributed by atoms with Gasteiger partial charge in [0, 0.05) is 6.54 Å². The van der Waals surface area contributed by atoms with Crippen molar-refractivity contribution in [1.82, 2.24) is 0 Å². The van der Waals surface area contributed by atoms with Crippen molar-refractivity contribution in [3.05, 3.63) is 33.1 Å². The Morgan fingerprint density at radius 2 is 2.24 bits per heavy atom. The zero-order valence-electron chi connectivity index (χ0n) is 11.3. The number of carbonyl (C=O) groups is 1. The summed E-state index contributed by atoms with van der Waals surface area (Å²) in [5.74, 6) is -1.75. The van der Waals surface area contributed by atoms with E-state index in [0.29, 0.717) is 19.4 Å².